The van der Waals surface area contributed by atoms with Crippen LogP contribution in [0.5, 0.6) is 0 Å². The lowest BCUT2D eigenvalue weighted by Crippen LogP contribution is -3.15. The molecule has 2 aromatic carbocycles. The van der Waals surface area contributed by atoms with Gasteiger partial charge in [-0.1, -0.05) is 74.5 Å². The Morgan fingerprint density at radius 2 is 1.59 bits per heavy atom. The summed E-state index contributed by atoms with van der Waals surface area (Å²) in [6.45, 7) is 5.01. The Morgan fingerprint density at radius 3 is 2.07 bits per heavy atom. The number of nitrogens with one attached hydrogen (secondary N) is 1. The first-order chi connectivity index (χ1) is 12.6. The van der Waals surface area contributed by atoms with Gasteiger partial charge in [-0.2, -0.15) is 0 Å². The first kappa shape index (κ1) is 21.6. The Labute approximate surface area is 171 Å². The number of likely N-dealkylation sites (tertiary alicyclic amines) is 1. The van der Waals surface area contributed by atoms with Crippen molar-refractivity contribution in [1.82, 2.24) is 0 Å². The normalized spacial score (nSPS) is 21.9. The molecule has 0 aromatic heterocycles. The molecule has 0 spiro atoms. The van der Waals surface area contributed by atoms with Gasteiger partial charge in [-0.15, -0.1) is 0 Å². The van der Waals surface area contributed by atoms with E-state index in [0.717, 1.165) is 16.0 Å². The number of ether oxygens (including phenoxy) is 1. The van der Waals surface area contributed by atoms with Crippen LogP contribution in [-0.4, -0.2) is 36.4 Å². The van der Waals surface area contributed by atoms with Gasteiger partial charge >= 0.3 is 5.97 Å². The average molecular weight is 434 g/mol. The highest BCUT2D eigenvalue weighted by molar-refractivity contribution is 5.74. The fourth-order valence-electron chi connectivity index (χ4n) is 3.75. The Hall–Kier alpha value is -1.69. The summed E-state index contributed by atoms with van der Waals surface area (Å²) >= 11 is 0. The minimum atomic E-state index is -0.489. The molecule has 1 fully saturated rings. The van der Waals surface area contributed by atoms with Crippen molar-refractivity contribution in [2.45, 2.75) is 38.5 Å². The van der Waals surface area contributed by atoms with E-state index in [4.69, 9.17) is 4.74 Å². The van der Waals surface area contributed by atoms with Gasteiger partial charge in [0.15, 0.2) is 6.04 Å². The number of aliphatic hydroxyl groups is 1. The summed E-state index contributed by atoms with van der Waals surface area (Å²) in [6, 6.07) is 20.1. The molecule has 5 heteroatoms. The number of hydrogen-bond acceptors (Lipinski definition) is 3. The van der Waals surface area contributed by atoms with Crippen LogP contribution < -0.4 is 21.9 Å². The fourth-order valence-corrected chi connectivity index (χ4v) is 3.75. The van der Waals surface area contributed by atoms with Crippen LogP contribution in [0.4, 0.5) is 0 Å². The number of quaternary nitrogens is 1. The summed E-state index contributed by atoms with van der Waals surface area (Å²) in [6.07, 6.45) is -0.0425. The lowest BCUT2D eigenvalue weighted by molar-refractivity contribution is -0.930. The quantitative estimate of drug-likeness (QED) is 0.574. The lowest BCUT2D eigenvalue weighted by atomic mass is 9.96. The minimum Gasteiger partial charge on any atom is -1.00 e. The SMILES string of the molecule is CC(C)COC(=O)C1CC(O)C[NH+]1C(c1ccccc1)c1ccccc1.[Br-]. The maximum atomic E-state index is 12.7. The molecular formula is C22H28BrNO3. The standard InChI is InChI=1S/C22H27NO3.BrH/c1-16(2)15-26-22(25)20-13-19(24)14-23(20)21(17-9-5-3-6-10-17)18-11-7-4-8-12-18;/h3-12,16,19-21,24H,13-15H2,1-2H3;1H. The van der Waals surface area contributed by atoms with E-state index in [1.54, 1.807) is 0 Å². The van der Waals surface area contributed by atoms with Crippen molar-refractivity contribution in [2.24, 2.45) is 5.92 Å². The summed E-state index contributed by atoms with van der Waals surface area (Å²) in [5.74, 6) is 0.0925. The molecule has 3 unspecified atom stereocenters. The highest BCUT2D eigenvalue weighted by atomic mass is 79.9. The molecule has 0 radical (unpaired) electrons. The summed E-state index contributed by atoms with van der Waals surface area (Å²) < 4.78 is 5.52. The number of carbonyl (C=O) groups excluding carboxylic acids is 1. The van der Waals surface area contributed by atoms with Crippen molar-refractivity contribution < 1.29 is 36.5 Å². The van der Waals surface area contributed by atoms with Gasteiger partial charge in [-0.25, -0.2) is 4.79 Å². The van der Waals surface area contributed by atoms with Gasteiger partial charge in [-0.3, -0.25) is 0 Å². The van der Waals surface area contributed by atoms with Crippen LogP contribution >= 0.6 is 0 Å². The molecule has 2 aromatic rings. The van der Waals surface area contributed by atoms with Crippen molar-refractivity contribution in [1.29, 1.82) is 0 Å². The molecule has 1 heterocycles. The highest BCUT2D eigenvalue weighted by Crippen LogP contribution is 2.22. The zero-order valence-corrected chi connectivity index (χ0v) is 17.4. The largest absolute Gasteiger partial charge is 1.00 e. The molecule has 146 valence electrons. The second-order valence-electron chi connectivity index (χ2n) is 7.50. The maximum Gasteiger partial charge on any atom is 0.365 e. The molecule has 1 aliphatic rings. The molecule has 0 saturated carbocycles. The van der Waals surface area contributed by atoms with Crippen molar-refractivity contribution in [3.05, 3.63) is 71.8 Å². The molecule has 4 nitrogen and oxygen atoms in total. The first-order valence-electron chi connectivity index (χ1n) is 9.36. The lowest BCUT2D eigenvalue weighted by Gasteiger charge is -2.29. The van der Waals surface area contributed by atoms with E-state index >= 15 is 0 Å². The third-order valence-corrected chi connectivity index (χ3v) is 4.91. The summed E-state index contributed by atoms with van der Waals surface area (Å²) in [7, 11) is 0. The molecule has 3 rings (SSSR count). The van der Waals surface area contributed by atoms with Crippen molar-refractivity contribution in [2.75, 3.05) is 13.2 Å². The molecule has 1 aliphatic heterocycles. The fraction of sp³-hybridized carbons (Fsp3) is 0.409. The van der Waals surface area contributed by atoms with Crippen LogP contribution in [-0.2, 0) is 9.53 Å². The number of carbonyl (C=O) groups is 1. The minimum absolute atomic E-state index is 0. The number of halogens is 1. The van der Waals surface area contributed by atoms with Crippen LogP contribution in [0, 0.1) is 5.92 Å². The Morgan fingerprint density at radius 1 is 1.07 bits per heavy atom. The second-order valence-corrected chi connectivity index (χ2v) is 7.50. The number of aliphatic hydroxyl groups excluding tert-OH is 1. The smallest absolute Gasteiger partial charge is 0.365 e. The van der Waals surface area contributed by atoms with E-state index in [1.165, 1.54) is 0 Å². The molecule has 3 atom stereocenters. The molecule has 27 heavy (non-hydrogen) atoms. The number of esters is 1. The highest BCUT2D eigenvalue weighted by Gasteiger charge is 2.45. The zero-order valence-electron chi connectivity index (χ0n) is 15.8. The summed E-state index contributed by atoms with van der Waals surface area (Å²) in [4.78, 5) is 13.8. The molecule has 0 aliphatic carbocycles. The number of benzene rings is 2. The summed E-state index contributed by atoms with van der Waals surface area (Å²) in [5, 5.41) is 10.3. The topological polar surface area (TPSA) is 51.0 Å². The number of rotatable bonds is 6. The van der Waals surface area contributed by atoms with Crippen LogP contribution in [0.3, 0.4) is 0 Å². The van der Waals surface area contributed by atoms with E-state index in [1.807, 2.05) is 50.2 Å². The monoisotopic (exact) mass is 433 g/mol. The van der Waals surface area contributed by atoms with Crippen LogP contribution in [0.2, 0.25) is 0 Å². The predicted octanol–water partition coefficient (Wildman–Crippen LogP) is -1.00. The second kappa shape index (κ2) is 10.0. The van der Waals surface area contributed by atoms with Crippen molar-refractivity contribution >= 4 is 5.97 Å². The van der Waals surface area contributed by atoms with E-state index < -0.39 is 6.10 Å². The van der Waals surface area contributed by atoms with E-state index in [-0.39, 0.29) is 35.0 Å². The van der Waals surface area contributed by atoms with Gasteiger partial charge in [0.2, 0.25) is 0 Å². The van der Waals surface area contributed by atoms with Crippen molar-refractivity contribution in [3.63, 3.8) is 0 Å². The van der Waals surface area contributed by atoms with E-state index in [0.29, 0.717) is 25.5 Å². The zero-order chi connectivity index (χ0) is 18.5. The number of hydrogen-bond donors (Lipinski definition) is 2. The van der Waals surface area contributed by atoms with Gasteiger partial charge in [0.25, 0.3) is 0 Å². The summed E-state index contributed by atoms with van der Waals surface area (Å²) in [5.41, 5.74) is 2.29. The molecular weight excluding hydrogens is 406 g/mol. The molecule has 2 N–H and O–H groups in total. The average Bonchev–Trinajstić information content (AvgIpc) is 3.03. The van der Waals surface area contributed by atoms with Crippen molar-refractivity contribution in [3.8, 4) is 0 Å². The third-order valence-electron chi connectivity index (χ3n) is 4.91. The van der Waals surface area contributed by atoms with Gasteiger partial charge in [0, 0.05) is 17.5 Å². The van der Waals surface area contributed by atoms with E-state index in [9.17, 15) is 9.90 Å². The predicted molar refractivity (Wildman–Crippen MR) is 101 cm³/mol. The van der Waals surface area contributed by atoms with Crippen LogP contribution in [0.25, 0.3) is 0 Å². The Kier molecular flexibility index (Phi) is 8.02. The molecule has 1 saturated heterocycles. The third kappa shape index (κ3) is 5.41. The van der Waals surface area contributed by atoms with Gasteiger partial charge in [0.05, 0.1) is 6.61 Å². The first-order valence-corrected chi connectivity index (χ1v) is 9.36. The van der Waals surface area contributed by atoms with Crippen LogP contribution in [0.15, 0.2) is 60.7 Å². The van der Waals surface area contributed by atoms with Gasteiger partial charge < -0.3 is 31.7 Å². The van der Waals surface area contributed by atoms with Crippen LogP contribution in [0.1, 0.15) is 37.4 Å². The Bertz CT molecular complexity index is 669. The molecule has 0 bridgehead atoms. The van der Waals surface area contributed by atoms with Gasteiger partial charge in [-0.05, 0) is 5.92 Å². The maximum absolute atomic E-state index is 12.7. The van der Waals surface area contributed by atoms with E-state index in [2.05, 4.69) is 24.3 Å². The Balaban J connectivity index is 0.00000261. The van der Waals surface area contributed by atoms with Gasteiger partial charge in [0.1, 0.15) is 18.7 Å². The molecule has 0 amide bonds.